The van der Waals surface area contributed by atoms with Gasteiger partial charge in [0.15, 0.2) is 11.6 Å². The first-order valence-corrected chi connectivity index (χ1v) is 5.95. The second kappa shape index (κ2) is 4.70. The predicted molar refractivity (Wildman–Crippen MR) is 69.6 cm³/mol. The lowest BCUT2D eigenvalue weighted by Crippen LogP contribution is -2.11. The van der Waals surface area contributed by atoms with Crippen molar-refractivity contribution < 1.29 is 9.47 Å². The number of nitrogens with zero attached hydrogens (tertiary/aromatic N) is 1. The Labute approximate surface area is 103 Å². The monoisotopic (exact) mass is 233 g/mol. The number of anilines is 1. The third kappa shape index (κ3) is 2.54. The van der Waals surface area contributed by atoms with E-state index < -0.39 is 0 Å². The Morgan fingerprint density at radius 3 is 2.88 bits per heavy atom. The summed E-state index contributed by atoms with van der Waals surface area (Å²) in [5.74, 6) is 2.98. The lowest BCUT2D eigenvalue weighted by molar-refractivity contribution is 0.288. The smallest absolute Gasteiger partial charge is 0.193 e. The van der Waals surface area contributed by atoms with E-state index in [0.717, 1.165) is 30.2 Å². The maximum absolute atomic E-state index is 5.68. The molecule has 1 aliphatic heterocycles. The van der Waals surface area contributed by atoms with Crippen LogP contribution in [-0.2, 0) is 0 Å². The van der Waals surface area contributed by atoms with Gasteiger partial charge in [-0.3, -0.25) is 0 Å². The summed E-state index contributed by atoms with van der Waals surface area (Å²) in [6, 6.07) is 5.89. The molecule has 92 valence electrons. The molecule has 1 aromatic rings. The van der Waals surface area contributed by atoms with Gasteiger partial charge >= 0.3 is 0 Å². The standard InChI is InChI=1S/C14H19NO2/c1-10(2)7-8-16-12-5-6-13-14(9-12)17-11(3)15(13)4/h5-6,9-10H,3,7-8H2,1-2,4H3. The summed E-state index contributed by atoms with van der Waals surface area (Å²) in [6.45, 7) is 8.95. The number of hydrogen-bond acceptors (Lipinski definition) is 3. The molecule has 17 heavy (non-hydrogen) atoms. The summed E-state index contributed by atoms with van der Waals surface area (Å²) in [6.07, 6.45) is 1.06. The van der Waals surface area contributed by atoms with Gasteiger partial charge in [-0.05, 0) is 31.1 Å². The van der Waals surface area contributed by atoms with E-state index >= 15 is 0 Å². The zero-order chi connectivity index (χ0) is 12.4. The summed E-state index contributed by atoms with van der Waals surface area (Å²) in [5, 5.41) is 0. The normalized spacial score (nSPS) is 13.9. The minimum atomic E-state index is 0.652. The first-order chi connectivity index (χ1) is 8.08. The molecule has 0 radical (unpaired) electrons. The molecule has 1 heterocycles. The van der Waals surface area contributed by atoms with E-state index in [4.69, 9.17) is 9.47 Å². The van der Waals surface area contributed by atoms with E-state index in [1.807, 2.05) is 30.1 Å². The van der Waals surface area contributed by atoms with Crippen molar-refractivity contribution in [2.24, 2.45) is 5.92 Å². The zero-order valence-electron chi connectivity index (χ0n) is 10.7. The molecule has 2 rings (SSSR count). The van der Waals surface area contributed by atoms with Crippen LogP contribution in [0.4, 0.5) is 5.69 Å². The third-order valence-electron chi connectivity index (χ3n) is 2.86. The van der Waals surface area contributed by atoms with Crippen LogP contribution >= 0.6 is 0 Å². The average Bonchev–Trinajstić information content (AvgIpc) is 2.54. The highest BCUT2D eigenvalue weighted by molar-refractivity contribution is 5.67. The fraction of sp³-hybridized carbons (Fsp3) is 0.429. The van der Waals surface area contributed by atoms with E-state index in [1.165, 1.54) is 0 Å². The van der Waals surface area contributed by atoms with Gasteiger partial charge in [-0.2, -0.15) is 0 Å². The Morgan fingerprint density at radius 2 is 2.18 bits per heavy atom. The second-order valence-electron chi connectivity index (χ2n) is 4.72. The molecule has 0 spiro atoms. The van der Waals surface area contributed by atoms with Gasteiger partial charge < -0.3 is 14.4 Å². The van der Waals surface area contributed by atoms with E-state index in [-0.39, 0.29) is 0 Å². The number of ether oxygens (including phenoxy) is 2. The molecule has 3 heteroatoms. The minimum absolute atomic E-state index is 0.652. The molecule has 0 amide bonds. The van der Waals surface area contributed by atoms with Crippen molar-refractivity contribution >= 4 is 5.69 Å². The number of hydrogen-bond donors (Lipinski definition) is 0. The molecule has 0 aliphatic carbocycles. The molecule has 0 saturated heterocycles. The van der Waals surface area contributed by atoms with Gasteiger partial charge in [0, 0.05) is 13.1 Å². The quantitative estimate of drug-likeness (QED) is 0.795. The fourth-order valence-corrected chi connectivity index (χ4v) is 1.69. The summed E-state index contributed by atoms with van der Waals surface area (Å²) >= 11 is 0. The van der Waals surface area contributed by atoms with E-state index in [0.29, 0.717) is 11.8 Å². The molecule has 0 atom stereocenters. The SMILES string of the molecule is C=C1Oc2cc(OCCC(C)C)ccc2N1C. The fourth-order valence-electron chi connectivity index (χ4n) is 1.69. The van der Waals surface area contributed by atoms with Gasteiger partial charge in [-0.1, -0.05) is 13.8 Å². The van der Waals surface area contributed by atoms with Crippen LogP contribution < -0.4 is 14.4 Å². The number of benzene rings is 1. The average molecular weight is 233 g/mol. The van der Waals surface area contributed by atoms with Crippen molar-refractivity contribution in [2.45, 2.75) is 20.3 Å². The highest BCUT2D eigenvalue weighted by atomic mass is 16.5. The van der Waals surface area contributed by atoms with E-state index in [2.05, 4.69) is 20.4 Å². The zero-order valence-corrected chi connectivity index (χ0v) is 10.7. The van der Waals surface area contributed by atoms with Crippen molar-refractivity contribution in [1.82, 2.24) is 0 Å². The molecule has 0 aromatic heterocycles. The van der Waals surface area contributed by atoms with Crippen molar-refractivity contribution in [3.63, 3.8) is 0 Å². The third-order valence-corrected chi connectivity index (χ3v) is 2.86. The van der Waals surface area contributed by atoms with Crippen molar-refractivity contribution in [2.75, 3.05) is 18.6 Å². The molecule has 0 N–H and O–H groups in total. The largest absolute Gasteiger partial charge is 0.493 e. The van der Waals surface area contributed by atoms with Crippen LogP contribution in [0, 0.1) is 5.92 Å². The number of rotatable bonds is 4. The van der Waals surface area contributed by atoms with Crippen LogP contribution in [0.2, 0.25) is 0 Å². The molecule has 3 nitrogen and oxygen atoms in total. The lowest BCUT2D eigenvalue weighted by Gasteiger charge is -2.10. The lowest BCUT2D eigenvalue weighted by atomic mass is 10.1. The molecule has 0 unspecified atom stereocenters. The Hall–Kier alpha value is -1.64. The maximum Gasteiger partial charge on any atom is 0.193 e. The number of fused-ring (bicyclic) bond motifs is 1. The summed E-state index contributed by atoms with van der Waals surface area (Å²) in [7, 11) is 1.94. The van der Waals surface area contributed by atoms with Crippen molar-refractivity contribution in [1.29, 1.82) is 0 Å². The Kier molecular flexibility index (Phi) is 3.27. The topological polar surface area (TPSA) is 21.7 Å². The van der Waals surface area contributed by atoms with Gasteiger partial charge in [-0.15, -0.1) is 0 Å². The minimum Gasteiger partial charge on any atom is -0.493 e. The highest BCUT2D eigenvalue weighted by Crippen LogP contribution is 2.39. The Bertz CT molecular complexity index is 426. The van der Waals surface area contributed by atoms with Crippen LogP contribution in [-0.4, -0.2) is 13.7 Å². The summed E-state index contributed by atoms with van der Waals surface area (Å²) < 4.78 is 11.2. The molecular weight excluding hydrogens is 214 g/mol. The van der Waals surface area contributed by atoms with Crippen LogP contribution in [0.15, 0.2) is 30.7 Å². The van der Waals surface area contributed by atoms with Gasteiger partial charge in [-0.25, -0.2) is 0 Å². The molecule has 0 fully saturated rings. The molecule has 0 bridgehead atoms. The molecule has 1 aromatic carbocycles. The predicted octanol–water partition coefficient (Wildman–Crippen LogP) is 3.41. The molecule has 0 saturated carbocycles. The summed E-state index contributed by atoms with van der Waals surface area (Å²) in [5.41, 5.74) is 1.03. The summed E-state index contributed by atoms with van der Waals surface area (Å²) in [4.78, 5) is 1.92. The van der Waals surface area contributed by atoms with E-state index in [9.17, 15) is 0 Å². The van der Waals surface area contributed by atoms with Gasteiger partial charge in [0.05, 0.1) is 12.3 Å². The van der Waals surface area contributed by atoms with Crippen LogP contribution in [0.25, 0.3) is 0 Å². The van der Waals surface area contributed by atoms with Crippen LogP contribution in [0.1, 0.15) is 20.3 Å². The van der Waals surface area contributed by atoms with Crippen LogP contribution in [0.3, 0.4) is 0 Å². The first kappa shape index (κ1) is 11.8. The molecule has 1 aliphatic rings. The van der Waals surface area contributed by atoms with Crippen LogP contribution in [0.5, 0.6) is 11.5 Å². The second-order valence-corrected chi connectivity index (χ2v) is 4.72. The van der Waals surface area contributed by atoms with Crippen molar-refractivity contribution in [3.05, 3.63) is 30.7 Å². The molecular formula is C14H19NO2. The Balaban J connectivity index is 2.03. The maximum atomic E-state index is 5.68. The van der Waals surface area contributed by atoms with Gasteiger partial charge in [0.25, 0.3) is 0 Å². The van der Waals surface area contributed by atoms with Gasteiger partial charge in [0.1, 0.15) is 5.75 Å². The first-order valence-electron chi connectivity index (χ1n) is 5.95. The van der Waals surface area contributed by atoms with Crippen molar-refractivity contribution in [3.8, 4) is 11.5 Å². The Morgan fingerprint density at radius 1 is 1.41 bits per heavy atom. The van der Waals surface area contributed by atoms with E-state index in [1.54, 1.807) is 0 Å². The van der Waals surface area contributed by atoms with Gasteiger partial charge in [0.2, 0.25) is 0 Å². The highest BCUT2D eigenvalue weighted by Gasteiger charge is 2.21.